The largest absolute Gasteiger partial charge is 0.465 e. The fourth-order valence-corrected chi connectivity index (χ4v) is 7.02. The summed E-state index contributed by atoms with van der Waals surface area (Å²) < 4.78 is 54.3. The number of hydrogen-bond acceptors (Lipinski definition) is 4. The van der Waals surface area contributed by atoms with Gasteiger partial charge in [-0.25, -0.2) is 0 Å². The van der Waals surface area contributed by atoms with Gasteiger partial charge in [0.15, 0.2) is 6.29 Å². The van der Waals surface area contributed by atoms with Crippen LogP contribution in [-0.4, -0.2) is 29.1 Å². The van der Waals surface area contributed by atoms with Gasteiger partial charge in [-0.2, -0.15) is 13.2 Å². The highest BCUT2D eigenvalue weighted by Gasteiger charge is 2.74. The van der Waals surface area contributed by atoms with Crippen molar-refractivity contribution in [2.75, 3.05) is 0 Å². The van der Waals surface area contributed by atoms with Crippen molar-refractivity contribution in [1.29, 1.82) is 0 Å². The second-order valence-electron chi connectivity index (χ2n) is 9.51. The molecule has 1 N–H and O–H groups in total. The number of halogens is 4. The minimum atomic E-state index is -4.83. The van der Waals surface area contributed by atoms with Crippen molar-refractivity contribution in [3.63, 3.8) is 0 Å². The summed E-state index contributed by atoms with van der Waals surface area (Å²) in [5.41, 5.74) is -1.93. The van der Waals surface area contributed by atoms with E-state index in [1.54, 1.807) is 13.0 Å². The molecule has 1 fully saturated rings. The van der Waals surface area contributed by atoms with E-state index in [4.69, 9.17) is 21.1 Å². The maximum Gasteiger partial charge on any atom is 0.434 e. The molecule has 1 saturated carbocycles. The zero-order valence-corrected chi connectivity index (χ0v) is 19.1. The average molecular weight is 473 g/mol. The Labute approximate surface area is 190 Å². The summed E-state index contributed by atoms with van der Waals surface area (Å²) in [7, 11) is 0. The lowest BCUT2D eigenvalue weighted by Gasteiger charge is -2.60. The van der Waals surface area contributed by atoms with Gasteiger partial charge in [0.05, 0.1) is 5.03 Å². The van der Waals surface area contributed by atoms with E-state index in [0.717, 1.165) is 24.5 Å². The van der Waals surface area contributed by atoms with E-state index in [2.05, 4.69) is 0 Å². The molecule has 0 aliphatic heterocycles. The Bertz CT molecular complexity index is 944. The molecule has 0 heterocycles. The molecular formula is C24H28ClF3O4. The summed E-state index contributed by atoms with van der Waals surface area (Å²) in [5, 5.41) is 9.05. The number of esters is 1. The smallest absolute Gasteiger partial charge is 0.434 e. The molecule has 3 aliphatic carbocycles. The van der Waals surface area contributed by atoms with Crippen LogP contribution in [0.25, 0.3) is 0 Å². The quantitative estimate of drug-likeness (QED) is 0.442. The lowest BCUT2D eigenvalue weighted by molar-refractivity contribution is -0.306. The first-order valence-corrected chi connectivity index (χ1v) is 11.4. The van der Waals surface area contributed by atoms with Crippen LogP contribution in [0.4, 0.5) is 13.2 Å². The number of hydrogen-bond donors (Lipinski definition) is 1. The van der Waals surface area contributed by atoms with Gasteiger partial charge in [-0.15, -0.1) is 0 Å². The van der Waals surface area contributed by atoms with Crippen molar-refractivity contribution in [2.24, 2.45) is 17.3 Å². The fourth-order valence-electron chi connectivity index (χ4n) is 6.57. The molecule has 1 aromatic carbocycles. The molecule has 1 aromatic rings. The van der Waals surface area contributed by atoms with E-state index in [1.165, 1.54) is 13.0 Å². The molecule has 3 aliphatic rings. The van der Waals surface area contributed by atoms with Gasteiger partial charge in [0, 0.05) is 12.3 Å². The molecule has 176 valence electrons. The van der Waals surface area contributed by atoms with E-state index in [1.807, 2.05) is 12.1 Å². The summed E-state index contributed by atoms with van der Waals surface area (Å²) in [6, 6.07) is 5.70. The van der Waals surface area contributed by atoms with Gasteiger partial charge in [0.2, 0.25) is 5.60 Å². The molecule has 8 heteroatoms. The number of ether oxygens (including phenoxy) is 2. The Kier molecular flexibility index (Phi) is 5.82. The van der Waals surface area contributed by atoms with Crippen LogP contribution in [0.5, 0.6) is 5.75 Å². The second-order valence-corrected chi connectivity index (χ2v) is 9.92. The topological polar surface area (TPSA) is 55.8 Å². The number of aryl methyl sites for hydroxylation is 1. The Hall–Kier alpha value is -1.73. The summed E-state index contributed by atoms with van der Waals surface area (Å²) in [6.07, 6.45) is -1.69. The number of fused-ring (bicyclic) bond motifs is 5. The first-order chi connectivity index (χ1) is 14.9. The number of aliphatic hydroxyl groups excluding tert-OH is 1. The van der Waals surface area contributed by atoms with Crippen LogP contribution < -0.4 is 4.74 Å². The lowest BCUT2D eigenvalue weighted by atomic mass is 9.47. The number of carbonyl (C=O) groups is 1. The van der Waals surface area contributed by atoms with Crippen molar-refractivity contribution >= 4 is 17.6 Å². The Morgan fingerprint density at radius 3 is 2.66 bits per heavy atom. The van der Waals surface area contributed by atoms with Gasteiger partial charge in [0.1, 0.15) is 5.75 Å². The van der Waals surface area contributed by atoms with Crippen molar-refractivity contribution in [3.8, 4) is 5.75 Å². The molecule has 0 bridgehead atoms. The normalized spacial score (nSPS) is 35.0. The molecule has 32 heavy (non-hydrogen) atoms. The summed E-state index contributed by atoms with van der Waals surface area (Å²) in [6.45, 7) is 4.13. The van der Waals surface area contributed by atoms with Gasteiger partial charge in [0.25, 0.3) is 0 Å². The third kappa shape index (κ3) is 3.43. The summed E-state index contributed by atoms with van der Waals surface area (Å²) in [5.74, 6) is -0.603. The van der Waals surface area contributed by atoms with Crippen molar-refractivity contribution < 1.29 is 32.5 Å². The Morgan fingerprint density at radius 1 is 1.31 bits per heavy atom. The zero-order chi connectivity index (χ0) is 23.5. The predicted molar refractivity (Wildman–Crippen MR) is 113 cm³/mol. The monoisotopic (exact) mass is 472 g/mol. The summed E-state index contributed by atoms with van der Waals surface area (Å²) >= 11 is 6.22. The number of alkyl halides is 3. The van der Waals surface area contributed by atoms with Crippen LogP contribution in [-0.2, 0) is 16.0 Å². The minimum absolute atomic E-state index is 0.0167. The van der Waals surface area contributed by atoms with Gasteiger partial charge in [-0.05, 0) is 80.0 Å². The zero-order valence-electron chi connectivity index (χ0n) is 18.3. The number of allylic oxidation sites excluding steroid dienone is 1. The highest BCUT2D eigenvalue weighted by Crippen LogP contribution is 2.67. The first kappa shape index (κ1) is 23.4. The van der Waals surface area contributed by atoms with Crippen LogP contribution in [0.1, 0.15) is 63.5 Å². The molecule has 4 rings (SSSR count). The number of rotatable bonds is 3. The predicted octanol–water partition coefficient (Wildman–Crippen LogP) is 5.86. The molecule has 0 spiro atoms. The number of carbonyl (C=O) groups excluding carboxylic acids is 1. The number of benzene rings is 1. The summed E-state index contributed by atoms with van der Waals surface area (Å²) in [4.78, 5) is 11.8. The molecule has 0 amide bonds. The molecule has 4 nitrogen and oxygen atoms in total. The van der Waals surface area contributed by atoms with Gasteiger partial charge < -0.3 is 14.6 Å². The Balaban J connectivity index is 1.74. The van der Waals surface area contributed by atoms with E-state index >= 15 is 0 Å². The highest BCUT2D eigenvalue weighted by molar-refractivity contribution is 6.31. The lowest BCUT2D eigenvalue weighted by Crippen LogP contribution is -2.66. The molecule has 1 unspecified atom stereocenters. The van der Waals surface area contributed by atoms with Crippen molar-refractivity contribution in [2.45, 2.75) is 76.9 Å². The van der Waals surface area contributed by atoms with E-state index in [0.29, 0.717) is 25.0 Å². The molecule has 0 radical (unpaired) electrons. The van der Waals surface area contributed by atoms with Gasteiger partial charge in [-0.1, -0.05) is 30.7 Å². The van der Waals surface area contributed by atoms with Crippen molar-refractivity contribution in [1.82, 2.24) is 0 Å². The molecular weight excluding hydrogens is 445 g/mol. The van der Waals surface area contributed by atoms with Gasteiger partial charge >= 0.3 is 12.1 Å². The molecule has 0 saturated heterocycles. The van der Waals surface area contributed by atoms with Crippen LogP contribution in [0.2, 0.25) is 0 Å². The van der Waals surface area contributed by atoms with E-state index < -0.39 is 34.5 Å². The van der Waals surface area contributed by atoms with Crippen molar-refractivity contribution in [3.05, 3.63) is 40.4 Å². The van der Waals surface area contributed by atoms with Gasteiger partial charge in [-0.3, -0.25) is 4.79 Å². The highest BCUT2D eigenvalue weighted by atomic mass is 35.5. The molecule has 0 aromatic heterocycles. The van der Waals surface area contributed by atoms with E-state index in [9.17, 15) is 23.1 Å². The number of aliphatic hydroxyl groups is 1. The van der Waals surface area contributed by atoms with E-state index in [-0.39, 0.29) is 24.2 Å². The van der Waals surface area contributed by atoms with Crippen LogP contribution in [0, 0.1) is 17.3 Å². The fraction of sp³-hybridized carbons (Fsp3) is 0.625. The standard InChI is InChI=1S/C24H28ClF3O4/c1-13(29)31-16-5-7-17-15(12-16)4-6-19-18(17)10-11-22(3)20(19)8-9-21(25)23(22,24(26,27)28)32-14(2)30/h5,7,9,12-13,18-20,29H,4,6,8,10-11H2,1-3H3/t13?,18-,19-,20+,22+,23+/m1/s1. The minimum Gasteiger partial charge on any atom is -0.465 e. The first-order valence-electron chi connectivity index (χ1n) is 11.0. The average Bonchev–Trinajstić information content (AvgIpc) is 2.68. The maximum absolute atomic E-state index is 14.6. The second kappa shape index (κ2) is 7.94. The van der Waals surface area contributed by atoms with Crippen LogP contribution in [0.15, 0.2) is 29.3 Å². The Morgan fingerprint density at radius 2 is 2.03 bits per heavy atom. The third-order valence-electron chi connectivity index (χ3n) is 7.78. The third-order valence-corrected chi connectivity index (χ3v) is 8.20. The van der Waals surface area contributed by atoms with Crippen LogP contribution in [0.3, 0.4) is 0 Å². The maximum atomic E-state index is 14.6. The molecule has 6 atom stereocenters. The van der Waals surface area contributed by atoms with Crippen LogP contribution >= 0.6 is 11.6 Å². The SMILES string of the molecule is CC(=O)O[C@@]1(C(F)(F)F)C(Cl)=CC[C@H]2[C@@H]3CCc4cc(OC(C)O)ccc4[C@H]3CC[C@@]21C.